The quantitative estimate of drug-likeness (QED) is 0.0291. The normalized spacial score (nSPS) is 24.3. The second-order valence-electron chi connectivity index (χ2n) is 20.7. The van der Waals surface area contributed by atoms with Crippen molar-refractivity contribution < 1.29 is 78.1 Å². The molecule has 2 fully saturated rings. The van der Waals surface area contributed by atoms with Crippen LogP contribution >= 0.6 is 0 Å². The van der Waals surface area contributed by atoms with Gasteiger partial charge in [0.15, 0.2) is 12.6 Å². The van der Waals surface area contributed by atoms with Crippen LogP contribution in [0.4, 0.5) is 0 Å². The molecule has 4 rings (SSSR count). The Labute approximate surface area is 440 Å². The number of carbonyl (C=O) groups excluding carboxylic acids is 1. The van der Waals surface area contributed by atoms with E-state index in [2.05, 4.69) is 44.9 Å². The van der Waals surface area contributed by atoms with Crippen LogP contribution < -0.4 is 9.47 Å². The van der Waals surface area contributed by atoms with Gasteiger partial charge in [-0.15, -0.1) is 5.10 Å². The van der Waals surface area contributed by atoms with E-state index in [1.807, 2.05) is 0 Å². The Hall–Kier alpha value is -3.05. The Morgan fingerprint density at radius 1 is 0.568 bits per heavy atom. The molecule has 0 radical (unpaired) electrons. The van der Waals surface area contributed by atoms with Crippen LogP contribution in [-0.2, 0) is 46.3 Å². The highest BCUT2D eigenvalue weighted by Gasteiger charge is 2.50. The summed E-state index contributed by atoms with van der Waals surface area (Å²) in [5.41, 5.74) is 0.219. The molecule has 0 aliphatic carbocycles. The van der Waals surface area contributed by atoms with Crippen LogP contribution in [0, 0.1) is 5.41 Å². The van der Waals surface area contributed by atoms with Crippen LogP contribution in [0.25, 0.3) is 0 Å². The molecule has 3 heterocycles. The van der Waals surface area contributed by atoms with Crippen LogP contribution in [0.2, 0.25) is 0 Å². The van der Waals surface area contributed by atoms with Crippen LogP contribution in [0.5, 0.6) is 11.5 Å². The van der Waals surface area contributed by atoms with E-state index in [1.54, 1.807) is 12.3 Å². The lowest BCUT2D eigenvalue weighted by Gasteiger charge is -2.44. The van der Waals surface area contributed by atoms with E-state index in [-0.39, 0.29) is 18.7 Å². The van der Waals surface area contributed by atoms with E-state index in [1.165, 1.54) is 81.0 Å². The Morgan fingerprint density at radius 3 is 1.54 bits per heavy atom. The van der Waals surface area contributed by atoms with Gasteiger partial charge in [0.05, 0.1) is 57.9 Å². The summed E-state index contributed by atoms with van der Waals surface area (Å²) in [7, 11) is 0. The minimum Gasteiger partial charge on any atom is -0.493 e. The first-order valence-corrected chi connectivity index (χ1v) is 28.1. The number of hydrogen-bond acceptors (Lipinski definition) is 18. The third-order valence-corrected chi connectivity index (χ3v) is 13.5. The molecule has 0 amide bonds. The van der Waals surface area contributed by atoms with E-state index in [4.69, 9.17) is 42.6 Å². The predicted octanol–water partition coefficient (Wildman–Crippen LogP) is 6.96. The van der Waals surface area contributed by atoms with Crippen molar-refractivity contribution >= 4 is 5.97 Å². The zero-order chi connectivity index (χ0) is 53.6. The lowest BCUT2D eigenvalue weighted by atomic mass is 9.94. The van der Waals surface area contributed by atoms with Crippen molar-refractivity contribution in [2.45, 2.75) is 238 Å². The number of ether oxygens (including phenoxy) is 9. The average molecular weight is 1050 g/mol. The van der Waals surface area contributed by atoms with Crippen molar-refractivity contribution in [2.24, 2.45) is 5.41 Å². The number of aliphatic hydroxyl groups is 6. The fourth-order valence-corrected chi connectivity index (χ4v) is 8.83. The van der Waals surface area contributed by atoms with Crippen LogP contribution in [0.1, 0.15) is 179 Å². The SMILES string of the molecule is CCCCCCCCCOCC(C)(COCCCCCCCCC)COCc1cn(C[C@H]2O[C@H](O[C@H]3O[C@H](COC(=O)c4cc(OCCCCC)cc(OCCCCC)c4)[C@@H](O)[C@H](O)[C@H]3O)[C@H](O)[C@@H](O)[C@@H]2O)nn1. The maximum atomic E-state index is 13.4. The molecule has 2 aliphatic rings. The lowest BCUT2D eigenvalue weighted by molar-refractivity contribution is -0.375. The second kappa shape index (κ2) is 36.1. The Bertz CT molecular complexity index is 1720. The lowest BCUT2D eigenvalue weighted by Crippen LogP contribution is -2.63. The van der Waals surface area contributed by atoms with Crippen LogP contribution in [0.15, 0.2) is 24.4 Å². The van der Waals surface area contributed by atoms with Gasteiger partial charge >= 0.3 is 5.97 Å². The molecule has 19 heteroatoms. The molecule has 2 aromatic rings. The Kier molecular flexibility index (Phi) is 31.0. The van der Waals surface area contributed by atoms with E-state index in [0.29, 0.717) is 63.4 Å². The van der Waals surface area contributed by atoms with E-state index >= 15 is 0 Å². The second-order valence-corrected chi connectivity index (χ2v) is 20.7. The predicted molar refractivity (Wildman–Crippen MR) is 277 cm³/mol. The molecule has 2 saturated heterocycles. The van der Waals surface area contributed by atoms with Gasteiger partial charge in [-0.25, -0.2) is 9.48 Å². The fourth-order valence-electron chi connectivity index (χ4n) is 8.83. The summed E-state index contributed by atoms with van der Waals surface area (Å²) < 4.78 is 54.8. The van der Waals surface area contributed by atoms with Gasteiger partial charge in [-0.05, 0) is 37.8 Å². The largest absolute Gasteiger partial charge is 0.493 e. The first-order valence-electron chi connectivity index (χ1n) is 28.1. The summed E-state index contributed by atoms with van der Waals surface area (Å²) in [4.78, 5) is 13.4. The van der Waals surface area contributed by atoms with Gasteiger partial charge in [0, 0.05) is 24.7 Å². The van der Waals surface area contributed by atoms with E-state index < -0.39 is 79.4 Å². The molecular formula is C55H95N3O16. The van der Waals surface area contributed by atoms with Crippen molar-refractivity contribution in [3.05, 3.63) is 35.7 Å². The molecular weight excluding hydrogens is 959 g/mol. The van der Waals surface area contributed by atoms with Crippen molar-refractivity contribution in [2.75, 3.05) is 52.9 Å². The molecule has 19 nitrogen and oxygen atoms in total. The molecule has 0 saturated carbocycles. The first kappa shape index (κ1) is 63.5. The van der Waals surface area contributed by atoms with Gasteiger partial charge in [-0.2, -0.15) is 0 Å². The van der Waals surface area contributed by atoms with Crippen LogP contribution in [0.3, 0.4) is 0 Å². The van der Waals surface area contributed by atoms with Gasteiger partial charge in [-0.1, -0.05) is 143 Å². The number of nitrogens with zero attached hydrogens (tertiary/aromatic N) is 3. The van der Waals surface area contributed by atoms with E-state index in [0.717, 1.165) is 64.2 Å². The number of benzene rings is 1. The summed E-state index contributed by atoms with van der Waals surface area (Å²) in [6, 6.07) is 4.77. The monoisotopic (exact) mass is 1050 g/mol. The van der Waals surface area contributed by atoms with Crippen molar-refractivity contribution in [1.82, 2.24) is 15.0 Å². The highest BCUT2D eigenvalue weighted by atomic mass is 16.8. The molecule has 0 bridgehead atoms. The molecule has 0 unspecified atom stereocenters. The van der Waals surface area contributed by atoms with Gasteiger partial charge in [0.2, 0.25) is 0 Å². The summed E-state index contributed by atoms with van der Waals surface area (Å²) >= 11 is 0. The van der Waals surface area contributed by atoms with Crippen molar-refractivity contribution in [3.63, 3.8) is 0 Å². The van der Waals surface area contributed by atoms with Crippen LogP contribution in [-0.4, -0.2) is 166 Å². The van der Waals surface area contributed by atoms with E-state index in [9.17, 15) is 35.4 Å². The van der Waals surface area contributed by atoms with Gasteiger partial charge in [-0.3, -0.25) is 0 Å². The number of aliphatic hydroxyl groups excluding tert-OH is 6. The van der Waals surface area contributed by atoms with Crippen molar-refractivity contribution in [3.8, 4) is 11.5 Å². The maximum absolute atomic E-state index is 13.4. The summed E-state index contributed by atoms with van der Waals surface area (Å²) in [6.07, 6.45) is 7.47. The third kappa shape index (κ3) is 22.9. The summed E-state index contributed by atoms with van der Waals surface area (Å²) in [6.45, 7) is 13.7. The fraction of sp³-hybridized carbons (Fsp3) is 0.836. The molecule has 1 aromatic carbocycles. The molecule has 6 N–H and O–H groups in total. The molecule has 0 spiro atoms. The Balaban J connectivity index is 1.31. The molecule has 2 aliphatic heterocycles. The zero-order valence-corrected chi connectivity index (χ0v) is 45.4. The molecule has 426 valence electrons. The number of hydrogen-bond donors (Lipinski definition) is 6. The topological polar surface area (TPSA) is 252 Å². The highest BCUT2D eigenvalue weighted by molar-refractivity contribution is 5.90. The standard InChI is InChI=1S/C55H95N3O16/c1-6-10-14-16-18-20-24-26-66-37-55(5,38-67-27-25-21-19-17-15-11-7-2)39-68-35-41-33-58(57-56-41)34-44-46(59)48(61)50(63)53(72-44)74-54-51(64)49(62)47(60)45(73-54)36-71-52(65)40-30-42(69-28-22-12-8-3)32-43(31-40)70-29-23-13-9-4/h30-33,44-51,53-54,59-64H,6-29,34-39H2,1-5H3/t44-,45-,46-,47-,48+,49+,50-,51-,53-,54-/m1/s1. The average Bonchev–Trinajstić information content (AvgIpc) is 3.84. The summed E-state index contributed by atoms with van der Waals surface area (Å²) in [5, 5.41) is 73.9. The number of esters is 1. The number of carbonyl (C=O) groups is 1. The molecule has 10 atom stereocenters. The minimum atomic E-state index is -1.86. The summed E-state index contributed by atoms with van der Waals surface area (Å²) in [5.74, 6) is 0.0633. The third-order valence-electron chi connectivity index (χ3n) is 13.5. The smallest absolute Gasteiger partial charge is 0.338 e. The molecule has 1 aromatic heterocycles. The van der Waals surface area contributed by atoms with Crippen molar-refractivity contribution in [1.29, 1.82) is 0 Å². The molecule has 74 heavy (non-hydrogen) atoms. The van der Waals surface area contributed by atoms with Gasteiger partial charge in [0.1, 0.15) is 72.6 Å². The first-order chi connectivity index (χ1) is 35.8. The van der Waals surface area contributed by atoms with Gasteiger partial charge < -0.3 is 73.3 Å². The maximum Gasteiger partial charge on any atom is 0.338 e. The Morgan fingerprint density at radius 2 is 1.01 bits per heavy atom. The zero-order valence-electron chi connectivity index (χ0n) is 45.4. The highest BCUT2D eigenvalue weighted by Crippen LogP contribution is 2.30. The number of unbranched alkanes of at least 4 members (excludes halogenated alkanes) is 16. The number of rotatable bonds is 41. The minimum absolute atomic E-state index is 0.124. The number of aromatic nitrogens is 3. The van der Waals surface area contributed by atoms with Gasteiger partial charge in [0.25, 0.3) is 0 Å².